The van der Waals surface area contributed by atoms with Crippen LogP contribution in [0, 0.1) is 5.92 Å². The maximum absolute atomic E-state index is 12.7. The molecule has 0 bridgehead atoms. The predicted octanol–water partition coefficient (Wildman–Crippen LogP) is 1.86. The molecule has 2 aliphatic heterocycles. The number of nitrogens with zero attached hydrogens (tertiary/aromatic N) is 4. The zero-order valence-electron chi connectivity index (χ0n) is 14.7. The summed E-state index contributed by atoms with van der Waals surface area (Å²) in [4.78, 5) is 29.1. The van der Waals surface area contributed by atoms with Gasteiger partial charge in [0, 0.05) is 44.3 Å². The Bertz CT molecular complexity index is 662. The van der Waals surface area contributed by atoms with Crippen molar-refractivity contribution in [3.8, 4) is 0 Å². The van der Waals surface area contributed by atoms with Crippen molar-refractivity contribution in [2.45, 2.75) is 45.1 Å². The normalized spacial score (nSPS) is 23.4. The van der Waals surface area contributed by atoms with Crippen molar-refractivity contribution in [1.82, 2.24) is 19.6 Å². The highest BCUT2D eigenvalue weighted by Gasteiger charge is 2.30. The summed E-state index contributed by atoms with van der Waals surface area (Å²) < 4.78 is 1.98. The molecule has 0 saturated carbocycles. The third-order valence-corrected chi connectivity index (χ3v) is 5.63. The van der Waals surface area contributed by atoms with Crippen LogP contribution < -0.4 is 0 Å². The predicted molar refractivity (Wildman–Crippen MR) is 94.1 cm³/mol. The first-order valence-electron chi connectivity index (χ1n) is 9.52. The van der Waals surface area contributed by atoms with Crippen molar-refractivity contribution in [2.75, 3.05) is 26.2 Å². The molecule has 1 unspecified atom stereocenters. The van der Waals surface area contributed by atoms with Gasteiger partial charge in [-0.25, -0.2) is 0 Å². The molecule has 1 fully saturated rings. The average Bonchev–Trinajstić information content (AvgIpc) is 3.12. The molecule has 3 heterocycles. The molecule has 0 N–H and O–H groups in total. The number of carbonyl (C=O) groups is 2. The van der Waals surface area contributed by atoms with E-state index in [9.17, 15) is 9.59 Å². The van der Waals surface area contributed by atoms with Crippen LogP contribution in [0.5, 0.6) is 0 Å². The highest BCUT2D eigenvalue weighted by Crippen LogP contribution is 2.22. The molecule has 0 spiro atoms. The Morgan fingerprint density at radius 2 is 1.80 bits per heavy atom. The molecule has 4 rings (SSSR count). The number of fused-ring (bicyclic) bond motifs is 1. The smallest absolute Gasteiger partial charge is 0.274 e. The number of aromatic nitrogens is 2. The van der Waals surface area contributed by atoms with E-state index in [-0.39, 0.29) is 17.7 Å². The van der Waals surface area contributed by atoms with Gasteiger partial charge in [0.2, 0.25) is 5.91 Å². The third kappa shape index (κ3) is 3.34. The Morgan fingerprint density at radius 1 is 1.00 bits per heavy atom. The molecule has 0 aromatic carbocycles. The summed E-state index contributed by atoms with van der Waals surface area (Å²) in [5.41, 5.74) is 1.74. The molecule has 1 atom stereocenters. The zero-order valence-corrected chi connectivity index (χ0v) is 14.7. The summed E-state index contributed by atoms with van der Waals surface area (Å²) in [6.45, 7) is 3.40. The molecule has 0 radical (unpaired) electrons. The summed E-state index contributed by atoms with van der Waals surface area (Å²) in [7, 11) is 0. The van der Waals surface area contributed by atoms with Crippen molar-refractivity contribution in [1.29, 1.82) is 0 Å². The number of carbonyl (C=O) groups excluding carboxylic acids is 2. The highest BCUT2D eigenvalue weighted by atomic mass is 16.2. The quantitative estimate of drug-likeness (QED) is 0.771. The second-order valence-electron chi connectivity index (χ2n) is 7.30. The van der Waals surface area contributed by atoms with Gasteiger partial charge in [-0.2, -0.15) is 5.10 Å². The van der Waals surface area contributed by atoms with Crippen LogP contribution in [0.3, 0.4) is 0 Å². The van der Waals surface area contributed by atoms with Gasteiger partial charge in [0.15, 0.2) is 5.69 Å². The summed E-state index contributed by atoms with van der Waals surface area (Å²) in [5.74, 6) is 0.399. The lowest BCUT2D eigenvalue weighted by atomic mass is 9.93. The maximum Gasteiger partial charge on any atom is 0.274 e. The average molecular weight is 342 g/mol. The van der Waals surface area contributed by atoms with Crippen molar-refractivity contribution in [3.05, 3.63) is 29.6 Å². The Hall–Kier alpha value is -2.11. The molecular weight excluding hydrogens is 316 g/mol. The number of rotatable bonds is 2. The number of amides is 2. The lowest BCUT2D eigenvalue weighted by Gasteiger charge is -2.36. The summed E-state index contributed by atoms with van der Waals surface area (Å²) in [6.07, 6.45) is 10.4. The fourth-order valence-electron chi connectivity index (χ4n) is 4.09. The summed E-state index contributed by atoms with van der Waals surface area (Å²) >= 11 is 0. The molecule has 2 amide bonds. The highest BCUT2D eigenvalue weighted by molar-refractivity contribution is 5.92. The topological polar surface area (TPSA) is 58.4 Å². The number of allylic oxidation sites excluding steroid dienone is 2. The van der Waals surface area contributed by atoms with Crippen molar-refractivity contribution in [2.24, 2.45) is 5.92 Å². The second kappa shape index (κ2) is 7.02. The summed E-state index contributed by atoms with van der Waals surface area (Å²) in [6, 6.07) is 1.95. The lowest BCUT2D eigenvalue weighted by molar-refractivity contribution is -0.137. The largest absolute Gasteiger partial charge is 0.339 e. The molecule has 6 heteroatoms. The van der Waals surface area contributed by atoms with Crippen LogP contribution in [0.15, 0.2) is 18.2 Å². The first-order chi connectivity index (χ1) is 12.2. The van der Waals surface area contributed by atoms with E-state index in [1.165, 1.54) is 12.1 Å². The zero-order chi connectivity index (χ0) is 17.2. The lowest BCUT2D eigenvalue weighted by Crippen LogP contribution is -2.52. The number of hydrogen-bond acceptors (Lipinski definition) is 3. The molecule has 25 heavy (non-hydrogen) atoms. The van der Waals surface area contributed by atoms with Crippen molar-refractivity contribution < 1.29 is 9.59 Å². The molecule has 1 aliphatic carbocycles. The van der Waals surface area contributed by atoms with E-state index in [0.29, 0.717) is 31.9 Å². The molecular formula is C19H26N4O2. The van der Waals surface area contributed by atoms with E-state index in [1.54, 1.807) is 0 Å². The van der Waals surface area contributed by atoms with Gasteiger partial charge in [-0.05, 0) is 44.6 Å². The van der Waals surface area contributed by atoms with E-state index < -0.39 is 0 Å². The Balaban J connectivity index is 1.35. The Labute approximate surface area is 148 Å². The van der Waals surface area contributed by atoms with Gasteiger partial charge >= 0.3 is 0 Å². The third-order valence-electron chi connectivity index (χ3n) is 5.63. The Kier molecular flexibility index (Phi) is 4.59. The summed E-state index contributed by atoms with van der Waals surface area (Å²) in [5, 5.41) is 4.49. The second-order valence-corrected chi connectivity index (χ2v) is 7.30. The minimum atomic E-state index is 0.00889. The van der Waals surface area contributed by atoms with Crippen LogP contribution >= 0.6 is 0 Å². The van der Waals surface area contributed by atoms with Crippen LogP contribution in [0.4, 0.5) is 0 Å². The van der Waals surface area contributed by atoms with Crippen LogP contribution in [-0.2, 0) is 17.8 Å². The fourth-order valence-corrected chi connectivity index (χ4v) is 4.09. The number of aryl methyl sites for hydroxylation is 2. The SMILES string of the molecule is O=C(c1cc2n(n1)CCCC2)N1CCN(C(=O)C2CC=CCC2)CC1. The van der Waals surface area contributed by atoms with Gasteiger partial charge in [0.1, 0.15) is 0 Å². The van der Waals surface area contributed by atoms with E-state index in [0.717, 1.165) is 38.6 Å². The first kappa shape index (κ1) is 16.4. The molecule has 1 aromatic heterocycles. The van der Waals surface area contributed by atoms with Crippen LogP contribution in [0.2, 0.25) is 0 Å². The van der Waals surface area contributed by atoms with E-state index in [2.05, 4.69) is 17.3 Å². The van der Waals surface area contributed by atoms with E-state index >= 15 is 0 Å². The maximum atomic E-state index is 12.7. The monoisotopic (exact) mass is 342 g/mol. The fraction of sp³-hybridized carbons (Fsp3) is 0.632. The standard InChI is InChI=1S/C19H26N4O2/c24-18(15-6-2-1-3-7-15)21-10-12-22(13-11-21)19(25)17-14-16-8-4-5-9-23(16)20-17/h1-2,14-15H,3-13H2. The van der Waals surface area contributed by atoms with E-state index in [4.69, 9.17) is 0 Å². The minimum absolute atomic E-state index is 0.00889. The van der Waals surface area contributed by atoms with Gasteiger partial charge in [-0.1, -0.05) is 12.2 Å². The van der Waals surface area contributed by atoms with E-state index in [1.807, 2.05) is 20.5 Å². The molecule has 134 valence electrons. The molecule has 6 nitrogen and oxygen atoms in total. The first-order valence-corrected chi connectivity index (χ1v) is 9.52. The van der Waals surface area contributed by atoms with Gasteiger partial charge in [-0.15, -0.1) is 0 Å². The minimum Gasteiger partial charge on any atom is -0.339 e. The molecule has 1 aromatic rings. The van der Waals surface area contributed by atoms with Crippen LogP contribution in [-0.4, -0.2) is 57.6 Å². The van der Waals surface area contributed by atoms with Crippen LogP contribution in [0.25, 0.3) is 0 Å². The van der Waals surface area contributed by atoms with Gasteiger partial charge in [0.05, 0.1) is 0 Å². The van der Waals surface area contributed by atoms with Gasteiger partial charge < -0.3 is 9.80 Å². The van der Waals surface area contributed by atoms with Crippen molar-refractivity contribution >= 4 is 11.8 Å². The van der Waals surface area contributed by atoms with Gasteiger partial charge in [0.25, 0.3) is 5.91 Å². The Morgan fingerprint density at radius 3 is 2.52 bits per heavy atom. The molecule has 3 aliphatic rings. The van der Waals surface area contributed by atoms with Crippen molar-refractivity contribution in [3.63, 3.8) is 0 Å². The van der Waals surface area contributed by atoms with Gasteiger partial charge in [-0.3, -0.25) is 14.3 Å². The number of hydrogen-bond donors (Lipinski definition) is 0. The number of piperazine rings is 1. The van der Waals surface area contributed by atoms with Crippen LogP contribution in [0.1, 0.15) is 48.3 Å². The molecule has 1 saturated heterocycles.